The number of rotatable bonds is 8. The van der Waals surface area contributed by atoms with Gasteiger partial charge >= 0.3 is 0 Å². The van der Waals surface area contributed by atoms with Crippen molar-refractivity contribution in [2.45, 2.75) is 33.2 Å². The predicted octanol–water partition coefficient (Wildman–Crippen LogP) is 2.90. The van der Waals surface area contributed by atoms with Crippen molar-refractivity contribution in [1.29, 1.82) is 0 Å². The van der Waals surface area contributed by atoms with E-state index in [9.17, 15) is 8.78 Å². The fraction of sp³-hybridized carbons (Fsp3) is 0.588. The van der Waals surface area contributed by atoms with Crippen LogP contribution in [0.1, 0.15) is 27.7 Å². The van der Waals surface area contributed by atoms with E-state index < -0.39 is 11.6 Å². The molecule has 144 valence electrons. The highest BCUT2D eigenvalue weighted by atomic mass is 127. The number of benzene rings is 1. The Hall–Kier alpha value is -1.16. The van der Waals surface area contributed by atoms with Crippen LogP contribution in [-0.2, 0) is 0 Å². The molecule has 1 aromatic carbocycles. The summed E-state index contributed by atoms with van der Waals surface area (Å²) in [5, 5.41) is 9.60. The van der Waals surface area contributed by atoms with Gasteiger partial charge in [-0.1, -0.05) is 0 Å². The Morgan fingerprint density at radius 1 is 1.16 bits per heavy atom. The predicted molar refractivity (Wildman–Crippen MR) is 109 cm³/mol. The molecular weight excluding hydrogens is 441 g/mol. The van der Waals surface area contributed by atoms with Gasteiger partial charge in [-0.2, -0.15) is 0 Å². The smallest absolute Gasteiger partial charge is 0.191 e. The SMILES string of the molecule is CCNC(=NCCNC(C)(C)C)NCCOc1ccc(F)cc1F.I. The molecule has 0 saturated carbocycles. The minimum absolute atomic E-state index is 0. The van der Waals surface area contributed by atoms with Crippen molar-refractivity contribution >= 4 is 29.9 Å². The Kier molecular flexibility index (Phi) is 11.7. The normalized spacial score (nSPS) is 11.7. The molecule has 3 N–H and O–H groups in total. The summed E-state index contributed by atoms with van der Waals surface area (Å²) in [6.45, 7) is 11.1. The Bertz CT molecular complexity index is 536. The summed E-state index contributed by atoms with van der Waals surface area (Å²) in [6.07, 6.45) is 0. The second kappa shape index (κ2) is 12.2. The minimum atomic E-state index is -0.705. The summed E-state index contributed by atoms with van der Waals surface area (Å²) in [7, 11) is 0. The highest BCUT2D eigenvalue weighted by molar-refractivity contribution is 14.0. The molecule has 0 fully saturated rings. The van der Waals surface area contributed by atoms with Crippen molar-refractivity contribution in [3.05, 3.63) is 29.8 Å². The number of halogens is 3. The van der Waals surface area contributed by atoms with Gasteiger partial charge in [-0.05, 0) is 39.8 Å². The number of nitrogens with one attached hydrogen (secondary N) is 3. The second-order valence-corrected chi connectivity index (χ2v) is 6.29. The van der Waals surface area contributed by atoms with Gasteiger partial charge in [0, 0.05) is 24.7 Å². The van der Waals surface area contributed by atoms with Crippen molar-refractivity contribution in [2.75, 3.05) is 32.8 Å². The molecule has 0 saturated heterocycles. The van der Waals surface area contributed by atoms with Crippen LogP contribution in [0.4, 0.5) is 8.78 Å². The van der Waals surface area contributed by atoms with Crippen LogP contribution in [-0.4, -0.2) is 44.3 Å². The molecule has 1 rings (SSSR count). The van der Waals surface area contributed by atoms with Crippen molar-refractivity contribution in [2.24, 2.45) is 4.99 Å². The fourth-order valence-corrected chi connectivity index (χ4v) is 1.86. The van der Waals surface area contributed by atoms with Crippen molar-refractivity contribution in [3.63, 3.8) is 0 Å². The standard InChI is InChI=1S/C17H28F2N4O.HI/c1-5-20-16(21-8-9-23-17(2,3)4)22-10-11-24-15-7-6-13(18)12-14(15)19;/h6-7,12,23H,5,8-11H2,1-4H3,(H2,20,21,22);1H. The van der Waals surface area contributed by atoms with Gasteiger partial charge in [0.1, 0.15) is 12.4 Å². The summed E-state index contributed by atoms with van der Waals surface area (Å²) >= 11 is 0. The molecule has 0 aliphatic heterocycles. The Labute approximate surface area is 166 Å². The Morgan fingerprint density at radius 3 is 2.48 bits per heavy atom. The number of hydrogen-bond donors (Lipinski definition) is 3. The van der Waals surface area contributed by atoms with Crippen LogP contribution < -0.4 is 20.7 Å². The summed E-state index contributed by atoms with van der Waals surface area (Å²) in [5.74, 6) is -0.613. The van der Waals surface area contributed by atoms with Crippen LogP contribution >= 0.6 is 24.0 Å². The van der Waals surface area contributed by atoms with Gasteiger partial charge in [0.05, 0.1) is 13.1 Å². The number of ether oxygens (including phenoxy) is 1. The zero-order chi connectivity index (χ0) is 18.0. The lowest BCUT2D eigenvalue weighted by atomic mass is 10.1. The topological polar surface area (TPSA) is 57.7 Å². The average Bonchev–Trinajstić information content (AvgIpc) is 2.48. The molecule has 0 amide bonds. The number of hydrogen-bond acceptors (Lipinski definition) is 3. The molecule has 0 spiro atoms. The van der Waals surface area contributed by atoms with E-state index in [1.165, 1.54) is 12.1 Å². The van der Waals surface area contributed by atoms with Crippen LogP contribution in [0.2, 0.25) is 0 Å². The van der Waals surface area contributed by atoms with Gasteiger partial charge in [-0.3, -0.25) is 4.99 Å². The maximum Gasteiger partial charge on any atom is 0.191 e. The second-order valence-electron chi connectivity index (χ2n) is 6.29. The van der Waals surface area contributed by atoms with Crippen LogP contribution in [0.25, 0.3) is 0 Å². The van der Waals surface area contributed by atoms with E-state index in [1.54, 1.807) is 0 Å². The zero-order valence-corrected chi connectivity index (χ0v) is 17.6. The first kappa shape index (κ1) is 23.8. The third kappa shape index (κ3) is 11.1. The lowest BCUT2D eigenvalue weighted by Gasteiger charge is -2.20. The van der Waals surface area contributed by atoms with Crippen LogP contribution in [0.15, 0.2) is 23.2 Å². The molecule has 0 atom stereocenters. The van der Waals surface area contributed by atoms with E-state index in [0.29, 0.717) is 19.0 Å². The van der Waals surface area contributed by atoms with Crippen molar-refractivity contribution in [1.82, 2.24) is 16.0 Å². The molecule has 0 bridgehead atoms. The fourth-order valence-electron chi connectivity index (χ4n) is 1.86. The molecule has 0 radical (unpaired) electrons. The number of aliphatic imine (C=N–C) groups is 1. The van der Waals surface area contributed by atoms with Crippen LogP contribution in [0.3, 0.4) is 0 Å². The van der Waals surface area contributed by atoms with E-state index in [4.69, 9.17) is 4.74 Å². The van der Waals surface area contributed by atoms with E-state index in [0.717, 1.165) is 19.2 Å². The van der Waals surface area contributed by atoms with Gasteiger partial charge in [-0.15, -0.1) is 24.0 Å². The lowest BCUT2D eigenvalue weighted by Crippen LogP contribution is -2.41. The average molecular weight is 470 g/mol. The summed E-state index contributed by atoms with van der Waals surface area (Å²) in [4.78, 5) is 4.44. The van der Waals surface area contributed by atoms with E-state index >= 15 is 0 Å². The lowest BCUT2D eigenvalue weighted by molar-refractivity contribution is 0.304. The zero-order valence-electron chi connectivity index (χ0n) is 15.3. The molecule has 8 heteroatoms. The summed E-state index contributed by atoms with van der Waals surface area (Å²) in [6, 6.07) is 3.25. The largest absolute Gasteiger partial charge is 0.489 e. The monoisotopic (exact) mass is 470 g/mol. The summed E-state index contributed by atoms with van der Waals surface area (Å²) in [5.41, 5.74) is 0.0639. The van der Waals surface area contributed by atoms with Gasteiger partial charge in [-0.25, -0.2) is 8.78 Å². The van der Waals surface area contributed by atoms with E-state index in [-0.39, 0.29) is 41.9 Å². The molecule has 0 heterocycles. The van der Waals surface area contributed by atoms with Crippen LogP contribution in [0, 0.1) is 11.6 Å². The molecule has 0 aromatic heterocycles. The Balaban J connectivity index is 0.00000576. The highest BCUT2D eigenvalue weighted by Crippen LogP contribution is 2.17. The van der Waals surface area contributed by atoms with Gasteiger partial charge in [0.15, 0.2) is 17.5 Å². The molecule has 0 unspecified atom stereocenters. The van der Waals surface area contributed by atoms with Gasteiger partial charge < -0.3 is 20.7 Å². The maximum atomic E-state index is 13.4. The molecule has 25 heavy (non-hydrogen) atoms. The van der Waals surface area contributed by atoms with Gasteiger partial charge in [0.2, 0.25) is 0 Å². The molecular formula is C17H29F2IN4O. The molecule has 0 aliphatic rings. The number of guanidine groups is 1. The summed E-state index contributed by atoms with van der Waals surface area (Å²) < 4.78 is 31.5. The molecule has 5 nitrogen and oxygen atoms in total. The van der Waals surface area contributed by atoms with Gasteiger partial charge in [0.25, 0.3) is 0 Å². The number of nitrogens with zero attached hydrogens (tertiary/aromatic N) is 1. The van der Waals surface area contributed by atoms with Crippen molar-refractivity contribution < 1.29 is 13.5 Å². The van der Waals surface area contributed by atoms with Crippen LogP contribution in [0.5, 0.6) is 5.75 Å². The first-order valence-electron chi connectivity index (χ1n) is 8.17. The first-order valence-corrected chi connectivity index (χ1v) is 8.17. The third-order valence-corrected chi connectivity index (χ3v) is 2.93. The molecule has 0 aliphatic carbocycles. The minimum Gasteiger partial charge on any atom is -0.489 e. The van der Waals surface area contributed by atoms with E-state index in [1.807, 2.05) is 6.92 Å². The molecule has 1 aromatic rings. The Morgan fingerprint density at radius 2 is 1.88 bits per heavy atom. The maximum absolute atomic E-state index is 13.4. The first-order chi connectivity index (χ1) is 11.3. The van der Waals surface area contributed by atoms with E-state index in [2.05, 4.69) is 41.7 Å². The third-order valence-electron chi connectivity index (χ3n) is 2.93. The quantitative estimate of drug-likeness (QED) is 0.237. The highest BCUT2D eigenvalue weighted by Gasteiger charge is 2.07. The van der Waals surface area contributed by atoms with Crippen molar-refractivity contribution in [3.8, 4) is 5.75 Å².